The lowest BCUT2D eigenvalue weighted by Crippen LogP contribution is -2.37. The fourth-order valence-electron chi connectivity index (χ4n) is 0.876. The zero-order valence-electron chi connectivity index (χ0n) is 6.70. The molecule has 0 saturated carbocycles. The van der Waals surface area contributed by atoms with Crippen molar-refractivity contribution in [2.75, 3.05) is 0 Å². The first-order valence-corrected chi connectivity index (χ1v) is 3.45. The van der Waals surface area contributed by atoms with Crippen molar-refractivity contribution in [3.8, 4) is 12.3 Å². The van der Waals surface area contributed by atoms with E-state index in [1.54, 1.807) is 6.92 Å². The average molecular weight is 170 g/mol. The van der Waals surface area contributed by atoms with Crippen LogP contribution in [-0.2, 0) is 9.59 Å². The minimum atomic E-state index is -2.05. The van der Waals surface area contributed by atoms with E-state index in [-0.39, 0.29) is 6.42 Å². The van der Waals surface area contributed by atoms with Crippen LogP contribution in [0.5, 0.6) is 0 Å². The van der Waals surface area contributed by atoms with Crippen LogP contribution in [-0.4, -0.2) is 22.2 Å². The number of aliphatic carboxylic acids is 2. The van der Waals surface area contributed by atoms with Gasteiger partial charge in [0, 0.05) is 0 Å². The molecule has 4 nitrogen and oxygen atoms in total. The van der Waals surface area contributed by atoms with Crippen LogP contribution in [0.1, 0.15) is 19.8 Å². The molecule has 0 heterocycles. The van der Waals surface area contributed by atoms with Crippen LogP contribution in [0.2, 0.25) is 0 Å². The molecule has 0 fully saturated rings. The van der Waals surface area contributed by atoms with Crippen LogP contribution in [0.4, 0.5) is 0 Å². The van der Waals surface area contributed by atoms with E-state index in [0.717, 1.165) is 0 Å². The Balaban J connectivity index is 4.93. The summed E-state index contributed by atoms with van der Waals surface area (Å²) in [4.78, 5) is 21.1. The maximum atomic E-state index is 10.6. The molecule has 0 radical (unpaired) electrons. The molecule has 12 heavy (non-hydrogen) atoms. The molecule has 0 amide bonds. The first-order chi connectivity index (χ1) is 5.51. The van der Waals surface area contributed by atoms with Crippen LogP contribution < -0.4 is 0 Å². The number of terminal acetylenes is 1. The second kappa shape index (κ2) is 3.77. The summed E-state index contributed by atoms with van der Waals surface area (Å²) in [6, 6.07) is 0. The first kappa shape index (κ1) is 10.5. The van der Waals surface area contributed by atoms with E-state index in [9.17, 15) is 9.59 Å². The monoisotopic (exact) mass is 170 g/mol. The smallest absolute Gasteiger partial charge is 0.333 e. The SMILES string of the molecule is C#CC(CCC)(C(=O)O)C(=O)O. The molecular weight excluding hydrogens is 160 g/mol. The summed E-state index contributed by atoms with van der Waals surface area (Å²) >= 11 is 0. The molecule has 0 rings (SSSR count). The van der Waals surface area contributed by atoms with Crippen molar-refractivity contribution < 1.29 is 19.8 Å². The number of carboxylic acids is 2. The summed E-state index contributed by atoms with van der Waals surface area (Å²) in [5.74, 6) is -1.13. The van der Waals surface area contributed by atoms with E-state index in [1.165, 1.54) is 0 Å². The van der Waals surface area contributed by atoms with E-state index in [1.807, 2.05) is 5.92 Å². The van der Waals surface area contributed by atoms with Gasteiger partial charge in [-0.3, -0.25) is 0 Å². The van der Waals surface area contributed by atoms with E-state index < -0.39 is 17.4 Å². The largest absolute Gasteiger partial charge is 0.480 e. The van der Waals surface area contributed by atoms with Gasteiger partial charge in [-0.05, 0) is 6.42 Å². The van der Waals surface area contributed by atoms with E-state index >= 15 is 0 Å². The molecule has 2 N–H and O–H groups in total. The Bertz CT molecular complexity index is 222. The standard InChI is InChI=1S/C8H10O4/c1-3-5-8(4-2,6(9)10)7(11)12/h2H,3,5H2,1H3,(H,9,10)(H,11,12). The van der Waals surface area contributed by atoms with Gasteiger partial charge < -0.3 is 10.2 Å². The molecular formula is C8H10O4. The number of carboxylic acid groups (broad SMARTS) is 2. The molecule has 0 aromatic heterocycles. The number of hydrogen-bond donors (Lipinski definition) is 2. The van der Waals surface area contributed by atoms with Gasteiger partial charge in [-0.15, -0.1) is 6.42 Å². The Morgan fingerprint density at radius 2 is 1.83 bits per heavy atom. The normalized spacial score (nSPS) is 10.3. The highest BCUT2D eigenvalue weighted by Crippen LogP contribution is 2.23. The first-order valence-electron chi connectivity index (χ1n) is 3.45. The van der Waals surface area contributed by atoms with Crippen LogP contribution in [0.3, 0.4) is 0 Å². The minimum absolute atomic E-state index is 0.0475. The van der Waals surface area contributed by atoms with Crippen LogP contribution >= 0.6 is 0 Å². The van der Waals surface area contributed by atoms with Gasteiger partial charge in [-0.25, -0.2) is 9.59 Å². The third kappa shape index (κ3) is 1.56. The van der Waals surface area contributed by atoms with Crippen LogP contribution in [0, 0.1) is 17.8 Å². The van der Waals surface area contributed by atoms with Gasteiger partial charge in [0.2, 0.25) is 5.41 Å². The van der Waals surface area contributed by atoms with Gasteiger partial charge in [0.05, 0.1) is 0 Å². The Morgan fingerprint density at radius 1 is 1.42 bits per heavy atom. The van der Waals surface area contributed by atoms with Gasteiger partial charge in [0.25, 0.3) is 0 Å². The lowest BCUT2D eigenvalue weighted by Gasteiger charge is -2.16. The summed E-state index contributed by atoms with van der Waals surface area (Å²) in [6.07, 6.45) is 5.26. The van der Waals surface area contributed by atoms with Crippen molar-refractivity contribution in [1.29, 1.82) is 0 Å². The van der Waals surface area contributed by atoms with Gasteiger partial charge >= 0.3 is 11.9 Å². The number of hydrogen-bond acceptors (Lipinski definition) is 2. The van der Waals surface area contributed by atoms with Gasteiger partial charge in [-0.1, -0.05) is 19.3 Å². The van der Waals surface area contributed by atoms with Crippen molar-refractivity contribution >= 4 is 11.9 Å². The highest BCUT2D eigenvalue weighted by molar-refractivity contribution is 6.01. The second-order valence-corrected chi connectivity index (χ2v) is 2.41. The molecule has 0 atom stereocenters. The summed E-state index contributed by atoms with van der Waals surface area (Å²) < 4.78 is 0. The molecule has 0 spiro atoms. The van der Waals surface area contributed by atoms with E-state index in [2.05, 4.69) is 0 Å². The molecule has 0 aliphatic rings. The minimum Gasteiger partial charge on any atom is -0.480 e. The molecule has 4 heteroatoms. The number of rotatable bonds is 4. The molecule has 0 aliphatic heterocycles. The highest BCUT2D eigenvalue weighted by atomic mass is 16.4. The summed E-state index contributed by atoms with van der Waals surface area (Å²) in [7, 11) is 0. The maximum absolute atomic E-state index is 10.6. The fourth-order valence-corrected chi connectivity index (χ4v) is 0.876. The van der Waals surface area contributed by atoms with E-state index in [0.29, 0.717) is 6.42 Å². The summed E-state index contributed by atoms with van der Waals surface area (Å²) in [6.45, 7) is 1.68. The molecule has 0 unspecified atom stereocenters. The third-order valence-electron chi connectivity index (χ3n) is 1.60. The Kier molecular flexibility index (Phi) is 3.30. The zero-order chi connectivity index (χ0) is 9.78. The predicted octanol–water partition coefficient (Wildman–Crippen LogP) is 0.575. The molecule has 0 aliphatic carbocycles. The van der Waals surface area contributed by atoms with Crippen molar-refractivity contribution in [2.24, 2.45) is 5.41 Å². The van der Waals surface area contributed by atoms with Crippen molar-refractivity contribution in [2.45, 2.75) is 19.8 Å². The average Bonchev–Trinajstić information content (AvgIpc) is 1.98. The Labute approximate surface area is 70.2 Å². The lowest BCUT2D eigenvalue weighted by molar-refractivity contribution is -0.160. The third-order valence-corrected chi connectivity index (χ3v) is 1.60. The van der Waals surface area contributed by atoms with Crippen molar-refractivity contribution in [1.82, 2.24) is 0 Å². The molecule has 0 bridgehead atoms. The van der Waals surface area contributed by atoms with Crippen molar-refractivity contribution in [3.05, 3.63) is 0 Å². The van der Waals surface area contributed by atoms with Crippen LogP contribution in [0.15, 0.2) is 0 Å². The highest BCUT2D eigenvalue weighted by Gasteiger charge is 2.43. The van der Waals surface area contributed by atoms with E-state index in [4.69, 9.17) is 16.6 Å². The quantitative estimate of drug-likeness (QED) is 0.478. The molecule has 0 aromatic rings. The number of carbonyl (C=O) groups is 2. The maximum Gasteiger partial charge on any atom is 0.333 e. The zero-order valence-corrected chi connectivity index (χ0v) is 6.70. The van der Waals surface area contributed by atoms with Crippen LogP contribution in [0.25, 0.3) is 0 Å². The summed E-state index contributed by atoms with van der Waals surface area (Å²) in [5, 5.41) is 17.2. The van der Waals surface area contributed by atoms with Gasteiger partial charge in [0.1, 0.15) is 0 Å². The van der Waals surface area contributed by atoms with Crippen molar-refractivity contribution in [3.63, 3.8) is 0 Å². The topological polar surface area (TPSA) is 74.6 Å². The Morgan fingerprint density at radius 3 is 1.92 bits per heavy atom. The van der Waals surface area contributed by atoms with Gasteiger partial charge in [-0.2, -0.15) is 0 Å². The second-order valence-electron chi connectivity index (χ2n) is 2.41. The molecule has 66 valence electrons. The molecule has 0 saturated heterocycles. The Hall–Kier alpha value is -1.50. The fraction of sp³-hybridized carbons (Fsp3) is 0.500. The molecule has 0 aromatic carbocycles. The summed E-state index contributed by atoms with van der Waals surface area (Å²) in [5.41, 5.74) is -2.05. The predicted molar refractivity (Wildman–Crippen MR) is 41.4 cm³/mol. The lowest BCUT2D eigenvalue weighted by atomic mass is 9.84. The van der Waals surface area contributed by atoms with Gasteiger partial charge in [0.15, 0.2) is 0 Å².